The summed E-state index contributed by atoms with van der Waals surface area (Å²) in [6, 6.07) is 7.91. The molecule has 3 rings (SSSR count). The summed E-state index contributed by atoms with van der Waals surface area (Å²) in [5.74, 6) is -1.44. The average Bonchev–Trinajstić information content (AvgIpc) is 2.67. The molecule has 0 radical (unpaired) electrons. The summed E-state index contributed by atoms with van der Waals surface area (Å²) in [6.45, 7) is 0. The van der Waals surface area contributed by atoms with Crippen LogP contribution in [0.2, 0.25) is 0 Å². The van der Waals surface area contributed by atoms with E-state index in [0.29, 0.717) is 16.3 Å². The Morgan fingerprint density at radius 1 is 1.28 bits per heavy atom. The lowest BCUT2D eigenvalue weighted by Gasteiger charge is -2.01. The van der Waals surface area contributed by atoms with Gasteiger partial charge in [-0.05, 0) is 23.6 Å². The number of carboxylic acid groups (broad SMARTS) is 1. The van der Waals surface area contributed by atoms with Crippen molar-refractivity contribution < 1.29 is 14.3 Å². The maximum absolute atomic E-state index is 13.3. The Morgan fingerprint density at radius 2 is 2.00 bits per heavy atom. The number of carboxylic acids is 1. The number of aromatic nitrogens is 2. The van der Waals surface area contributed by atoms with Crippen molar-refractivity contribution in [1.82, 2.24) is 9.78 Å². The minimum atomic E-state index is -1.09. The normalized spacial score (nSPS) is 11.2. The van der Waals surface area contributed by atoms with Gasteiger partial charge in [-0.25, -0.2) is 9.18 Å². The van der Waals surface area contributed by atoms with Crippen LogP contribution in [0, 0.1) is 5.82 Å². The number of nitrogens with zero attached hydrogens (tertiary/aromatic N) is 2. The fraction of sp³-hybridized carbons (Fsp3) is 0.0769. The van der Waals surface area contributed by atoms with Crippen LogP contribution in [0.15, 0.2) is 30.3 Å². The molecule has 90 valence electrons. The maximum atomic E-state index is 13.3. The van der Waals surface area contributed by atoms with Crippen molar-refractivity contribution in [2.45, 2.75) is 0 Å². The van der Waals surface area contributed by atoms with Gasteiger partial charge in [0.15, 0.2) is 5.69 Å². The molecule has 0 aliphatic carbocycles. The third-order valence-electron chi connectivity index (χ3n) is 2.99. The summed E-state index contributed by atoms with van der Waals surface area (Å²) in [6.07, 6.45) is 0. The van der Waals surface area contributed by atoms with Crippen molar-refractivity contribution in [2.24, 2.45) is 7.05 Å². The second kappa shape index (κ2) is 3.53. The molecule has 0 spiro atoms. The molecular formula is C13H9FN2O2. The van der Waals surface area contributed by atoms with E-state index in [1.165, 1.54) is 16.8 Å². The molecule has 4 nitrogen and oxygen atoms in total. The molecule has 0 aliphatic heterocycles. The second-order valence-corrected chi connectivity index (χ2v) is 4.10. The topological polar surface area (TPSA) is 55.1 Å². The number of benzene rings is 2. The molecule has 3 aromatic rings. The van der Waals surface area contributed by atoms with E-state index in [2.05, 4.69) is 5.10 Å². The van der Waals surface area contributed by atoms with E-state index in [9.17, 15) is 9.18 Å². The van der Waals surface area contributed by atoms with Crippen molar-refractivity contribution >= 4 is 27.6 Å². The minimum Gasteiger partial charge on any atom is -0.476 e. The minimum absolute atomic E-state index is 0.0151. The summed E-state index contributed by atoms with van der Waals surface area (Å²) in [7, 11) is 1.65. The monoisotopic (exact) mass is 244 g/mol. The number of aromatic carboxylic acids is 1. The van der Waals surface area contributed by atoms with Gasteiger partial charge in [0.1, 0.15) is 5.82 Å². The summed E-state index contributed by atoms with van der Waals surface area (Å²) >= 11 is 0. The zero-order chi connectivity index (χ0) is 12.9. The first-order valence-electron chi connectivity index (χ1n) is 5.36. The molecule has 0 bridgehead atoms. The number of aryl methyl sites for hydroxylation is 1. The number of carbonyl (C=O) groups is 1. The molecule has 0 fully saturated rings. The van der Waals surface area contributed by atoms with Crippen molar-refractivity contribution in [1.29, 1.82) is 0 Å². The molecule has 5 heteroatoms. The van der Waals surface area contributed by atoms with Crippen LogP contribution in [0.5, 0.6) is 0 Å². The third kappa shape index (κ3) is 1.37. The molecule has 0 saturated carbocycles. The van der Waals surface area contributed by atoms with Crippen LogP contribution in [0.4, 0.5) is 4.39 Å². The zero-order valence-corrected chi connectivity index (χ0v) is 9.51. The lowest BCUT2D eigenvalue weighted by molar-refractivity contribution is 0.0691. The van der Waals surface area contributed by atoms with Gasteiger partial charge < -0.3 is 5.11 Å². The Labute approximate surface area is 101 Å². The van der Waals surface area contributed by atoms with Gasteiger partial charge in [0.25, 0.3) is 0 Å². The fourth-order valence-electron chi connectivity index (χ4n) is 2.23. The third-order valence-corrected chi connectivity index (χ3v) is 2.99. The Balaban J connectivity index is 2.54. The molecular weight excluding hydrogens is 235 g/mol. The van der Waals surface area contributed by atoms with Gasteiger partial charge in [0.2, 0.25) is 0 Å². The van der Waals surface area contributed by atoms with E-state index in [0.717, 1.165) is 5.39 Å². The summed E-state index contributed by atoms with van der Waals surface area (Å²) in [4.78, 5) is 11.1. The van der Waals surface area contributed by atoms with Crippen LogP contribution in [-0.2, 0) is 7.05 Å². The molecule has 0 saturated heterocycles. The number of rotatable bonds is 1. The fourth-order valence-corrected chi connectivity index (χ4v) is 2.23. The van der Waals surface area contributed by atoms with E-state index >= 15 is 0 Å². The second-order valence-electron chi connectivity index (χ2n) is 4.10. The summed E-state index contributed by atoms with van der Waals surface area (Å²) < 4.78 is 14.8. The first-order chi connectivity index (χ1) is 8.58. The maximum Gasteiger partial charge on any atom is 0.357 e. The van der Waals surface area contributed by atoms with E-state index in [-0.39, 0.29) is 11.5 Å². The van der Waals surface area contributed by atoms with Crippen LogP contribution in [0.3, 0.4) is 0 Å². The number of hydrogen-bond donors (Lipinski definition) is 1. The van der Waals surface area contributed by atoms with Crippen molar-refractivity contribution in [3.05, 3.63) is 41.8 Å². The summed E-state index contributed by atoms with van der Waals surface area (Å²) in [5, 5.41) is 15.1. The average molecular weight is 244 g/mol. The quantitative estimate of drug-likeness (QED) is 0.715. The highest BCUT2D eigenvalue weighted by atomic mass is 19.1. The lowest BCUT2D eigenvalue weighted by atomic mass is 10.1. The lowest BCUT2D eigenvalue weighted by Crippen LogP contribution is -1.99. The highest BCUT2D eigenvalue weighted by Gasteiger charge is 2.16. The molecule has 1 N–H and O–H groups in total. The Kier molecular flexibility index (Phi) is 2.10. The molecule has 0 aliphatic rings. The van der Waals surface area contributed by atoms with Crippen LogP contribution >= 0.6 is 0 Å². The Hall–Kier alpha value is -2.43. The van der Waals surface area contributed by atoms with E-state index in [1.807, 2.05) is 0 Å². The van der Waals surface area contributed by atoms with Gasteiger partial charge in [-0.15, -0.1) is 0 Å². The number of fused-ring (bicyclic) bond motifs is 3. The first-order valence-corrected chi connectivity index (χ1v) is 5.36. The standard InChI is InChI=1S/C13H9FN2O2/c1-16-12-9(11(15-16)13(17)18)5-3-7-2-4-8(14)6-10(7)12/h2-6H,1H3,(H,17,18). The molecule has 2 aromatic carbocycles. The van der Waals surface area contributed by atoms with Gasteiger partial charge in [-0.2, -0.15) is 5.10 Å². The molecule has 1 heterocycles. The van der Waals surface area contributed by atoms with Crippen LogP contribution in [0.1, 0.15) is 10.5 Å². The van der Waals surface area contributed by atoms with E-state index in [1.54, 1.807) is 25.2 Å². The molecule has 18 heavy (non-hydrogen) atoms. The van der Waals surface area contributed by atoms with E-state index in [4.69, 9.17) is 5.11 Å². The zero-order valence-electron chi connectivity index (χ0n) is 9.51. The molecule has 0 unspecified atom stereocenters. The number of halogens is 1. The predicted molar refractivity (Wildman–Crippen MR) is 65.1 cm³/mol. The predicted octanol–water partition coefficient (Wildman–Crippen LogP) is 2.56. The Morgan fingerprint density at radius 3 is 2.72 bits per heavy atom. The SMILES string of the molecule is Cn1nc(C(=O)O)c2ccc3ccc(F)cc3c21. The van der Waals surface area contributed by atoms with Crippen molar-refractivity contribution in [3.8, 4) is 0 Å². The van der Waals surface area contributed by atoms with Gasteiger partial charge in [0, 0.05) is 17.8 Å². The van der Waals surface area contributed by atoms with Gasteiger partial charge >= 0.3 is 5.97 Å². The van der Waals surface area contributed by atoms with Gasteiger partial charge in [-0.1, -0.05) is 12.1 Å². The van der Waals surface area contributed by atoms with Crippen LogP contribution in [-0.4, -0.2) is 20.9 Å². The highest BCUT2D eigenvalue weighted by Crippen LogP contribution is 2.27. The molecule has 0 amide bonds. The van der Waals surface area contributed by atoms with Gasteiger partial charge in [0.05, 0.1) is 5.52 Å². The first kappa shape index (κ1) is 10.7. The highest BCUT2D eigenvalue weighted by molar-refractivity contribution is 6.11. The molecule has 1 aromatic heterocycles. The van der Waals surface area contributed by atoms with Gasteiger partial charge in [-0.3, -0.25) is 4.68 Å². The van der Waals surface area contributed by atoms with Crippen LogP contribution < -0.4 is 0 Å². The largest absolute Gasteiger partial charge is 0.476 e. The summed E-state index contributed by atoms with van der Waals surface area (Å²) in [5.41, 5.74) is 0.614. The van der Waals surface area contributed by atoms with Crippen molar-refractivity contribution in [3.63, 3.8) is 0 Å². The van der Waals surface area contributed by atoms with E-state index < -0.39 is 5.97 Å². The van der Waals surface area contributed by atoms with Crippen LogP contribution in [0.25, 0.3) is 21.7 Å². The number of hydrogen-bond acceptors (Lipinski definition) is 2. The Bertz CT molecular complexity index is 792. The smallest absolute Gasteiger partial charge is 0.357 e. The molecule has 0 atom stereocenters. The van der Waals surface area contributed by atoms with Crippen molar-refractivity contribution in [2.75, 3.05) is 0 Å².